The Labute approximate surface area is 195 Å². The maximum Gasteiger partial charge on any atom is 0.416 e. The summed E-state index contributed by atoms with van der Waals surface area (Å²) in [5.74, 6) is 0.389. The van der Waals surface area contributed by atoms with Crippen molar-refractivity contribution < 1.29 is 27.8 Å². The molecule has 180 valence electrons. The summed E-state index contributed by atoms with van der Waals surface area (Å²) in [6.07, 6.45) is -1.56. The number of fused-ring (bicyclic) bond motifs is 1. The van der Waals surface area contributed by atoms with Gasteiger partial charge in [-0.05, 0) is 49.2 Å². The lowest BCUT2D eigenvalue weighted by atomic mass is 9.98. The first kappa shape index (κ1) is 23.8. The number of carboxylic acids is 1. The van der Waals surface area contributed by atoms with Crippen molar-refractivity contribution in [2.45, 2.75) is 38.6 Å². The van der Waals surface area contributed by atoms with Gasteiger partial charge in [-0.2, -0.15) is 13.2 Å². The quantitative estimate of drug-likeness (QED) is 0.625. The van der Waals surface area contributed by atoms with Gasteiger partial charge in [0.05, 0.1) is 18.0 Å². The fourth-order valence-corrected chi connectivity index (χ4v) is 4.17. The fourth-order valence-electron chi connectivity index (χ4n) is 4.17. The largest absolute Gasteiger partial charge is 0.489 e. The summed E-state index contributed by atoms with van der Waals surface area (Å²) in [6, 6.07) is 11.2. The molecule has 0 bridgehead atoms. The van der Waals surface area contributed by atoms with E-state index >= 15 is 0 Å². The predicted octanol–water partition coefficient (Wildman–Crippen LogP) is 4.38. The smallest absolute Gasteiger partial charge is 0.416 e. The van der Waals surface area contributed by atoms with E-state index in [9.17, 15) is 18.0 Å². The van der Waals surface area contributed by atoms with Crippen LogP contribution in [-0.2, 0) is 17.6 Å². The van der Waals surface area contributed by atoms with E-state index in [-0.39, 0.29) is 24.6 Å². The average Bonchev–Trinajstić information content (AvgIpc) is 2.80. The van der Waals surface area contributed by atoms with Gasteiger partial charge in [0.25, 0.3) is 0 Å². The van der Waals surface area contributed by atoms with E-state index in [2.05, 4.69) is 10.2 Å². The molecular weight excluding hydrogens is 447 g/mol. The summed E-state index contributed by atoms with van der Waals surface area (Å²) in [4.78, 5) is 17.7. The number of aliphatic imine (C=N–C) groups is 1. The second kappa shape index (κ2) is 9.89. The third-order valence-corrected chi connectivity index (χ3v) is 5.96. The zero-order chi connectivity index (χ0) is 24.3. The molecule has 2 N–H and O–H groups in total. The molecule has 34 heavy (non-hydrogen) atoms. The van der Waals surface area contributed by atoms with Crippen LogP contribution in [0.3, 0.4) is 0 Å². The molecule has 1 fully saturated rings. The number of nitrogens with zero attached hydrogens (tertiary/aromatic N) is 2. The Hall–Kier alpha value is -3.33. The molecule has 4 rings (SSSR count). The van der Waals surface area contributed by atoms with Gasteiger partial charge in [-0.3, -0.25) is 14.7 Å². The minimum atomic E-state index is -4.43. The van der Waals surface area contributed by atoms with Crippen molar-refractivity contribution >= 4 is 11.8 Å². The van der Waals surface area contributed by atoms with Gasteiger partial charge in [0.2, 0.25) is 0 Å². The highest BCUT2D eigenvalue weighted by molar-refractivity contribution is 6.00. The molecule has 2 aliphatic rings. The van der Waals surface area contributed by atoms with Crippen LogP contribution in [0.1, 0.15) is 35.1 Å². The molecule has 0 aliphatic carbocycles. The number of hydrogen-bond donors (Lipinski definition) is 2. The van der Waals surface area contributed by atoms with Gasteiger partial charge in [0.1, 0.15) is 18.2 Å². The van der Waals surface area contributed by atoms with Crippen LogP contribution in [0, 0.1) is 6.92 Å². The third-order valence-electron chi connectivity index (χ3n) is 5.96. The fraction of sp³-hybridized carbons (Fsp3) is 0.360. The van der Waals surface area contributed by atoms with E-state index in [1.807, 2.05) is 18.3 Å². The van der Waals surface area contributed by atoms with E-state index in [4.69, 9.17) is 14.8 Å². The van der Waals surface area contributed by atoms with Crippen LogP contribution >= 0.6 is 0 Å². The number of carbonyl (C=O) groups is 1. The molecule has 2 aromatic carbocycles. The second-order valence-electron chi connectivity index (χ2n) is 8.54. The van der Waals surface area contributed by atoms with Crippen molar-refractivity contribution in [2.24, 2.45) is 4.99 Å². The number of piperidine rings is 1. The second-order valence-corrected chi connectivity index (χ2v) is 8.54. The van der Waals surface area contributed by atoms with Crippen molar-refractivity contribution in [2.75, 3.05) is 19.6 Å². The first-order valence-electron chi connectivity index (χ1n) is 11.1. The number of benzene rings is 2. The third kappa shape index (κ3) is 5.77. The summed E-state index contributed by atoms with van der Waals surface area (Å²) in [5, 5.41) is 12.1. The Kier molecular flexibility index (Phi) is 6.92. The minimum absolute atomic E-state index is 0.0513. The van der Waals surface area contributed by atoms with Crippen molar-refractivity contribution in [3.05, 3.63) is 76.5 Å². The number of ether oxygens (including phenoxy) is 1. The van der Waals surface area contributed by atoms with Crippen LogP contribution < -0.4 is 10.1 Å². The van der Waals surface area contributed by atoms with Gasteiger partial charge in [-0.1, -0.05) is 17.7 Å². The van der Waals surface area contributed by atoms with Gasteiger partial charge >= 0.3 is 12.1 Å². The van der Waals surface area contributed by atoms with Crippen LogP contribution in [0.5, 0.6) is 5.75 Å². The highest BCUT2D eigenvalue weighted by Crippen LogP contribution is 2.33. The Morgan fingerprint density at radius 2 is 2.00 bits per heavy atom. The minimum Gasteiger partial charge on any atom is -0.489 e. The molecule has 2 heterocycles. The van der Waals surface area contributed by atoms with Crippen LogP contribution in [0.25, 0.3) is 0 Å². The predicted molar refractivity (Wildman–Crippen MR) is 122 cm³/mol. The molecule has 0 saturated carbocycles. The maximum atomic E-state index is 13.3. The molecule has 6 nitrogen and oxygen atoms in total. The lowest BCUT2D eigenvalue weighted by Gasteiger charge is -2.34. The Balaban J connectivity index is 1.37. The number of rotatable bonds is 7. The summed E-state index contributed by atoms with van der Waals surface area (Å²) in [5.41, 5.74) is 2.12. The Morgan fingerprint density at radius 3 is 2.71 bits per heavy atom. The van der Waals surface area contributed by atoms with Crippen molar-refractivity contribution in [1.82, 2.24) is 10.2 Å². The van der Waals surface area contributed by atoms with E-state index in [1.165, 1.54) is 12.1 Å². The Bertz CT molecular complexity index is 1110. The monoisotopic (exact) mass is 473 g/mol. The number of carboxylic acid groups (broad SMARTS) is 1. The zero-order valence-electron chi connectivity index (χ0n) is 18.7. The SMILES string of the molecule is Cc1ccc(C(F)(F)F)c(COc2ccc(C3=NC4CCN(CCC(=O)O)CC4=CN3)cc2)c1. The average molecular weight is 473 g/mol. The van der Waals surface area contributed by atoms with E-state index in [1.54, 1.807) is 19.1 Å². The molecule has 0 spiro atoms. The lowest BCUT2D eigenvalue weighted by molar-refractivity contribution is -0.139. The van der Waals surface area contributed by atoms with E-state index < -0.39 is 17.7 Å². The number of amidine groups is 1. The standard InChI is InChI=1S/C25H26F3N3O3/c1-16-2-7-21(25(26,27)28)18(12-16)15-34-20-5-3-17(4-6-20)24-29-13-19-14-31(11-9-23(32)33)10-8-22(19)30-24/h2-7,12-13,22H,8-11,14-15H2,1H3,(H,29,30)(H,32,33). The van der Waals surface area contributed by atoms with E-state index in [0.29, 0.717) is 18.8 Å². The zero-order valence-corrected chi connectivity index (χ0v) is 18.7. The topological polar surface area (TPSA) is 74.2 Å². The number of nitrogens with one attached hydrogen (secondary N) is 1. The summed E-state index contributed by atoms with van der Waals surface area (Å²) < 4.78 is 45.4. The number of aryl methyl sites for hydroxylation is 1. The molecule has 9 heteroatoms. The summed E-state index contributed by atoms with van der Waals surface area (Å²) >= 11 is 0. The van der Waals surface area contributed by atoms with E-state index in [0.717, 1.165) is 41.6 Å². The van der Waals surface area contributed by atoms with Crippen molar-refractivity contribution in [3.8, 4) is 5.75 Å². The molecule has 0 aromatic heterocycles. The first-order valence-corrected chi connectivity index (χ1v) is 11.1. The molecule has 0 amide bonds. The molecular formula is C25H26F3N3O3. The van der Waals surface area contributed by atoms with Crippen molar-refractivity contribution in [3.63, 3.8) is 0 Å². The van der Waals surface area contributed by atoms with Crippen LogP contribution in [0.15, 0.2) is 59.2 Å². The molecule has 1 atom stereocenters. The van der Waals surface area contributed by atoms with Gasteiger partial charge in [-0.25, -0.2) is 0 Å². The van der Waals surface area contributed by atoms with Gasteiger partial charge < -0.3 is 15.2 Å². The number of aliphatic carboxylic acids is 1. The molecule has 2 aliphatic heterocycles. The molecule has 2 aromatic rings. The first-order chi connectivity index (χ1) is 16.2. The number of alkyl halides is 3. The number of halogens is 3. The summed E-state index contributed by atoms with van der Waals surface area (Å²) in [6.45, 7) is 3.56. The number of likely N-dealkylation sites (tertiary alicyclic amines) is 1. The normalized spacial score (nSPS) is 18.4. The van der Waals surface area contributed by atoms with Gasteiger partial charge in [0.15, 0.2) is 0 Å². The molecule has 1 saturated heterocycles. The lowest BCUT2D eigenvalue weighted by Crippen LogP contribution is -2.42. The highest BCUT2D eigenvalue weighted by atomic mass is 19.4. The highest BCUT2D eigenvalue weighted by Gasteiger charge is 2.33. The van der Waals surface area contributed by atoms with Crippen LogP contribution in [0.2, 0.25) is 0 Å². The molecule has 0 radical (unpaired) electrons. The Morgan fingerprint density at radius 1 is 1.24 bits per heavy atom. The molecule has 1 unspecified atom stereocenters. The number of hydrogen-bond acceptors (Lipinski definition) is 5. The summed E-state index contributed by atoms with van der Waals surface area (Å²) in [7, 11) is 0. The van der Waals surface area contributed by atoms with Crippen LogP contribution in [-0.4, -0.2) is 47.5 Å². The van der Waals surface area contributed by atoms with Crippen molar-refractivity contribution in [1.29, 1.82) is 0 Å². The maximum absolute atomic E-state index is 13.3. The van der Waals surface area contributed by atoms with Gasteiger partial charge in [-0.15, -0.1) is 0 Å². The van der Waals surface area contributed by atoms with Crippen LogP contribution in [0.4, 0.5) is 13.2 Å². The van der Waals surface area contributed by atoms with Gasteiger partial charge in [0, 0.05) is 37.0 Å².